The van der Waals surface area contributed by atoms with Gasteiger partial charge >= 0.3 is 0 Å². The lowest BCUT2D eigenvalue weighted by Crippen LogP contribution is -2.32. The lowest BCUT2D eigenvalue weighted by molar-refractivity contribution is 0.235. The predicted molar refractivity (Wildman–Crippen MR) is 81.8 cm³/mol. The van der Waals surface area contributed by atoms with Crippen LogP contribution in [0.1, 0.15) is 49.5 Å². The van der Waals surface area contributed by atoms with Gasteiger partial charge in [-0.25, -0.2) is 9.97 Å². The van der Waals surface area contributed by atoms with E-state index in [0.29, 0.717) is 5.92 Å². The Balaban J connectivity index is 1.73. The van der Waals surface area contributed by atoms with Crippen LogP contribution < -0.4 is 0 Å². The van der Waals surface area contributed by atoms with Crippen LogP contribution in [0.15, 0.2) is 18.5 Å². The van der Waals surface area contributed by atoms with Crippen molar-refractivity contribution in [1.29, 1.82) is 0 Å². The molecule has 5 nitrogen and oxygen atoms in total. The molecule has 0 fully saturated rings. The molecule has 0 bridgehead atoms. The van der Waals surface area contributed by atoms with Crippen molar-refractivity contribution < 1.29 is 0 Å². The van der Waals surface area contributed by atoms with Crippen molar-refractivity contribution in [2.75, 3.05) is 6.54 Å². The maximum Gasteiger partial charge on any atom is 0.131 e. The lowest BCUT2D eigenvalue weighted by Gasteiger charge is -2.28. The van der Waals surface area contributed by atoms with Crippen LogP contribution in [0.2, 0.25) is 0 Å². The first-order valence-electron chi connectivity index (χ1n) is 7.75. The minimum absolute atomic E-state index is 0.396. The fourth-order valence-corrected chi connectivity index (χ4v) is 2.81. The Morgan fingerprint density at radius 3 is 2.95 bits per heavy atom. The van der Waals surface area contributed by atoms with Gasteiger partial charge in [0.25, 0.3) is 0 Å². The molecule has 0 amide bonds. The monoisotopic (exact) mass is 285 g/mol. The van der Waals surface area contributed by atoms with Gasteiger partial charge in [0.15, 0.2) is 0 Å². The van der Waals surface area contributed by atoms with E-state index in [-0.39, 0.29) is 0 Å². The molecule has 0 atom stereocenters. The topological polar surface area (TPSA) is 46.8 Å². The zero-order valence-electron chi connectivity index (χ0n) is 13.1. The largest absolute Gasteiger partial charge is 0.293 e. The predicted octanol–water partition coefficient (Wildman–Crippen LogP) is 2.37. The van der Waals surface area contributed by atoms with Crippen molar-refractivity contribution in [3.63, 3.8) is 0 Å². The van der Waals surface area contributed by atoms with E-state index in [0.717, 1.165) is 38.4 Å². The molecule has 5 heteroatoms. The first-order chi connectivity index (χ1) is 10.2. The summed E-state index contributed by atoms with van der Waals surface area (Å²) < 4.78 is 2.06. The number of aryl methyl sites for hydroxylation is 1. The number of hydrogen-bond donors (Lipinski definition) is 0. The van der Waals surface area contributed by atoms with E-state index in [1.54, 1.807) is 0 Å². The van der Waals surface area contributed by atoms with Crippen LogP contribution in [0.3, 0.4) is 0 Å². The first-order valence-corrected chi connectivity index (χ1v) is 7.75. The Morgan fingerprint density at radius 2 is 2.19 bits per heavy atom. The summed E-state index contributed by atoms with van der Waals surface area (Å²) in [4.78, 5) is 11.7. The molecule has 0 saturated heterocycles. The molecule has 0 aromatic carbocycles. The molecule has 112 valence electrons. The average Bonchev–Trinajstić information content (AvgIpc) is 2.93. The van der Waals surface area contributed by atoms with Gasteiger partial charge in [0.2, 0.25) is 0 Å². The Morgan fingerprint density at radius 1 is 1.33 bits per heavy atom. The molecule has 3 rings (SSSR count). The van der Waals surface area contributed by atoms with Crippen molar-refractivity contribution in [3.05, 3.63) is 41.2 Å². The summed E-state index contributed by atoms with van der Waals surface area (Å²) in [5.74, 6) is 1.36. The van der Waals surface area contributed by atoms with Crippen molar-refractivity contribution >= 4 is 0 Å². The Hall–Kier alpha value is -1.75. The summed E-state index contributed by atoms with van der Waals surface area (Å²) in [5, 5.41) is 4.34. The molecule has 1 aliphatic rings. The molecule has 0 radical (unpaired) electrons. The lowest BCUT2D eigenvalue weighted by atomic mass is 10.1. The quantitative estimate of drug-likeness (QED) is 0.865. The van der Waals surface area contributed by atoms with Gasteiger partial charge in [-0.1, -0.05) is 13.8 Å². The zero-order chi connectivity index (χ0) is 14.8. The zero-order valence-corrected chi connectivity index (χ0v) is 13.1. The highest BCUT2D eigenvalue weighted by molar-refractivity contribution is 5.21. The number of fused-ring (bicyclic) bond motifs is 1. The second-order valence-corrected chi connectivity index (χ2v) is 5.95. The maximum atomic E-state index is 4.72. The van der Waals surface area contributed by atoms with Crippen LogP contribution >= 0.6 is 0 Å². The average molecular weight is 285 g/mol. The van der Waals surface area contributed by atoms with Crippen LogP contribution in [-0.2, 0) is 26.1 Å². The molecule has 1 aliphatic heterocycles. The number of rotatable bonds is 4. The van der Waals surface area contributed by atoms with E-state index in [2.05, 4.69) is 46.5 Å². The minimum Gasteiger partial charge on any atom is -0.293 e. The highest BCUT2D eigenvalue weighted by Crippen LogP contribution is 2.20. The molecule has 0 N–H and O–H groups in total. The third kappa shape index (κ3) is 2.97. The van der Waals surface area contributed by atoms with Crippen LogP contribution in [0, 0.1) is 0 Å². The van der Waals surface area contributed by atoms with E-state index in [9.17, 15) is 0 Å². The van der Waals surface area contributed by atoms with Crippen LogP contribution in [0.4, 0.5) is 0 Å². The smallest absolute Gasteiger partial charge is 0.131 e. The standard InChI is InChI=1S/C16H23N5/c1-4-21-14(5-7-18-21)11-20-8-6-15-13(10-20)9-17-16(19-15)12(2)3/h5,7,9,12H,4,6,8,10-11H2,1-3H3. The van der Waals surface area contributed by atoms with Crippen molar-refractivity contribution in [1.82, 2.24) is 24.6 Å². The van der Waals surface area contributed by atoms with E-state index < -0.39 is 0 Å². The van der Waals surface area contributed by atoms with Crippen molar-refractivity contribution in [2.45, 2.75) is 52.7 Å². The molecule has 0 saturated carbocycles. The van der Waals surface area contributed by atoms with Gasteiger partial charge in [-0.2, -0.15) is 5.10 Å². The van der Waals surface area contributed by atoms with E-state index in [4.69, 9.17) is 4.98 Å². The fourth-order valence-electron chi connectivity index (χ4n) is 2.81. The van der Waals surface area contributed by atoms with Crippen LogP contribution in [0.5, 0.6) is 0 Å². The normalized spacial score (nSPS) is 15.4. The van der Waals surface area contributed by atoms with Gasteiger partial charge in [0, 0.05) is 62.2 Å². The summed E-state index contributed by atoms with van der Waals surface area (Å²) in [6.07, 6.45) is 4.91. The highest BCUT2D eigenvalue weighted by Gasteiger charge is 2.20. The van der Waals surface area contributed by atoms with Gasteiger partial charge < -0.3 is 0 Å². The van der Waals surface area contributed by atoms with Gasteiger partial charge in [0.05, 0.1) is 5.69 Å². The van der Waals surface area contributed by atoms with E-state index in [1.165, 1.54) is 17.0 Å². The molecule has 21 heavy (non-hydrogen) atoms. The minimum atomic E-state index is 0.396. The van der Waals surface area contributed by atoms with Gasteiger partial charge in [-0.3, -0.25) is 9.58 Å². The summed E-state index contributed by atoms with van der Waals surface area (Å²) in [5.41, 5.74) is 3.78. The molecule has 3 heterocycles. The molecule has 0 unspecified atom stereocenters. The highest BCUT2D eigenvalue weighted by atomic mass is 15.3. The SMILES string of the molecule is CCn1nccc1CN1CCc2nc(C(C)C)ncc2C1. The van der Waals surface area contributed by atoms with Crippen LogP contribution in [0.25, 0.3) is 0 Å². The first kappa shape index (κ1) is 14.2. The number of hydrogen-bond acceptors (Lipinski definition) is 4. The van der Waals surface area contributed by atoms with Gasteiger partial charge in [0.1, 0.15) is 5.82 Å². The third-order valence-corrected chi connectivity index (χ3v) is 4.04. The molecule has 0 spiro atoms. The Kier molecular flexibility index (Phi) is 4.01. The molecule has 2 aromatic heterocycles. The Bertz CT molecular complexity index is 617. The summed E-state index contributed by atoms with van der Waals surface area (Å²) in [7, 11) is 0. The molecule has 2 aromatic rings. The third-order valence-electron chi connectivity index (χ3n) is 4.04. The second kappa shape index (κ2) is 5.93. The molecular formula is C16H23N5. The van der Waals surface area contributed by atoms with Crippen molar-refractivity contribution in [3.8, 4) is 0 Å². The fraction of sp³-hybridized carbons (Fsp3) is 0.562. The Labute approximate surface area is 126 Å². The molecular weight excluding hydrogens is 262 g/mol. The van der Waals surface area contributed by atoms with Gasteiger partial charge in [-0.15, -0.1) is 0 Å². The summed E-state index contributed by atoms with van der Waals surface area (Å²) in [6, 6.07) is 2.11. The van der Waals surface area contributed by atoms with E-state index >= 15 is 0 Å². The van der Waals surface area contributed by atoms with Gasteiger partial charge in [-0.05, 0) is 13.0 Å². The summed E-state index contributed by atoms with van der Waals surface area (Å²) in [6.45, 7) is 10.3. The molecule has 0 aliphatic carbocycles. The number of nitrogens with zero attached hydrogens (tertiary/aromatic N) is 5. The van der Waals surface area contributed by atoms with Crippen LogP contribution in [-0.4, -0.2) is 31.2 Å². The second-order valence-electron chi connectivity index (χ2n) is 5.95. The summed E-state index contributed by atoms with van der Waals surface area (Å²) >= 11 is 0. The van der Waals surface area contributed by atoms with E-state index in [1.807, 2.05) is 12.4 Å². The van der Waals surface area contributed by atoms with Crippen molar-refractivity contribution in [2.24, 2.45) is 0 Å². The maximum absolute atomic E-state index is 4.72. The number of aromatic nitrogens is 4.